The molecule has 1 aromatic rings. The molecular formula is C11H16N4S. The van der Waals surface area contributed by atoms with Crippen molar-refractivity contribution in [1.82, 2.24) is 9.97 Å². The second kappa shape index (κ2) is 6.96. The molecular weight excluding hydrogens is 220 g/mol. The van der Waals surface area contributed by atoms with Crippen molar-refractivity contribution >= 4 is 17.6 Å². The maximum atomic E-state index is 5.67. The van der Waals surface area contributed by atoms with Gasteiger partial charge in [0.15, 0.2) is 0 Å². The van der Waals surface area contributed by atoms with E-state index in [9.17, 15) is 0 Å². The van der Waals surface area contributed by atoms with E-state index in [1.165, 1.54) is 0 Å². The summed E-state index contributed by atoms with van der Waals surface area (Å²) in [6.07, 6.45) is 7.57. The second-order valence-corrected chi connectivity index (χ2v) is 4.39. The number of nitrogens with one attached hydrogen (secondary N) is 1. The molecule has 1 aromatic heterocycles. The lowest BCUT2D eigenvalue weighted by Crippen LogP contribution is -2.13. The predicted molar refractivity (Wildman–Crippen MR) is 69.4 cm³/mol. The van der Waals surface area contributed by atoms with E-state index in [0.717, 1.165) is 29.3 Å². The Morgan fingerprint density at radius 1 is 1.75 bits per heavy atom. The van der Waals surface area contributed by atoms with Gasteiger partial charge in [0.25, 0.3) is 0 Å². The third-order valence-electron chi connectivity index (χ3n) is 2.05. The van der Waals surface area contributed by atoms with Crippen LogP contribution in [0.2, 0.25) is 0 Å². The van der Waals surface area contributed by atoms with Crippen LogP contribution >= 0.6 is 11.8 Å². The van der Waals surface area contributed by atoms with Gasteiger partial charge in [-0.1, -0.05) is 5.92 Å². The third-order valence-corrected chi connectivity index (χ3v) is 3.02. The molecule has 0 saturated carbocycles. The second-order valence-electron chi connectivity index (χ2n) is 3.29. The molecule has 0 bridgehead atoms. The first-order valence-electron chi connectivity index (χ1n) is 5.03. The minimum absolute atomic E-state index is 0.370. The molecule has 1 rings (SSSR count). The Morgan fingerprint density at radius 3 is 3.19 bits per heavy atom. The van der Waals surface area contributed by atoms with E-state index in [2.05, 4.69) is 20.9 Å². The zero-order chi connectivity index (χ0) is 11.8. The van der Waals surface area contributed by atoms with Crippen LogP contribution in [-0.4, -0.2) is 28.1 Å². The van der Waals surface area contributed by atoms with Crippen LogP contribution in [0.5, 0.6) is 0 Å². The van der Waals surface area contributed by atoms with Gasteiger partial charge in [0.2, 0.25) is 0 Å². The zero-order valence-corrected chi connectivity index (χ0v) is 10.2. The molecule has 0 unspecified atom stereocenters. The fraction of sp³-hybridized carbons (Fsp3) is 0.455. The van der Waals surface area contributed by atoms with Crippen LogP contribution in [0.4, 0.5) is 0 Å². The number of aryl methyl sites for hydroxylation is 1. The molecule has 0 aliphatic rings. The predicted octanol–water partition coefficient (Wildman–Crippen LogP) is 1.33. The van der Waals surface area contributed by atoms with Crippen molar-refractivity contribution in [2.45, 2.75) is 19.1 Å². The molecule has 5 heteroatoms. The first-order chi connectivity index (χ1) is 7.74. The van der Waals surface area contributed by atoms with Crippen LogP contribution in [0.1, 0.15) is 17.8 Å². The maximum absolute atomic E-state index is 5.67. The third kappa shape index (κ3) is 4.41. The molecule has 1 heterocycles. The number of amidine groups is 1. The van der Waals surface area contributed by atoms with Crippen LogP contribution < -0.4 is 5.73 Å². The van der Waals surface area contributed by atoms with Gasteiger partial charge in [-0.15, -0.1) is 6.42 Å². The van der Waals surface area contributed by atoms with Crippen molar-refractivity contribution in [2.24, 2.45) is 10.7 Å². The number of thioether (sulfide) groups is 1. The summed E-state index contributed by atoms with van der Waals surface area (Å²) in [4.78, 5) is 11.3. The summed E-state index contributed by atoms with van der Waals surface area (Å²) in [6.45, 7) is 2.39. The van der Waals surface area contributed by atoms with Crippen LogP contribution in [0.15, 0.2) is 11.3 Å². The maximum Gasteiger partial charge on any atom is 0.101 e. The molecule has 4 nitrogen and oxygen atoms in total. The molecule has 0 radical (unpaired) electrons. The number of aromatic nitrogens is 2. The minimum Gasteiger partial charge on any atom is -0.387 e. The Bertz CT molecular complexity index is 389. The summed E-state index contributed by atoms with van der Waals surface area (Å²) in [5.74, 6) is 4.90. The van der Waals surface area contributed by atoms with E-state index in [-0.39, 0.29) is 0 Å². The van der Waals surface area contributed by atoms with Gasteiger partial charge in [-0.2, -0.15) is 11.8 Å². The molecule has 0 saturated heterocycles. The highest BCUT2D eigenvalue weighted by atomic mass is 32.2. The number of nitrogens with two attached hydrogens (primary N) is 1. The highest BCUT2D eigenvalue weighted by molar-refractivity contribution is 7.98. The van der Waals surface area contributed by atoms with Gasteiger partial charge in [0.1, 0.15) is 6.54 Å². The van der Waals surface area contributed by atoms with E-state index >= 15 is 0 Å². The summed E-state index contributed by atoms with van der Waals surface area (Å²) < 4.78 is 0. The van der Waals surface area contributed by atoms with Gasteiger partial charge in [0.05, 0.1) is 17.9 Å². The van der Waals surface area contributed by atoms with Crippen molar-refractivity contribution in [1.29, 1.82) is 0 Å². The Balaban J connectivity index is 2.18. The highest BCUT2D eigenvalue weighted by Crippen LogP contribution is 2.13. The average molecular weight is 236 g/mol. The van der Waals surface area contributed by atoms with Gasteiger partial charge in [-0.05, 0) is 6.92 Å². The molecule has 86 valence electrons. The van der Waals surface area contributed by atoms with Crippen LogP contribution in [0.3, 0.4) is 0 Å². The van der Waals surface area contributed by atoms with E-state index in [1.807, 2.05) is 6.92 Å². The summed E-state index contributed by atoms with van der Waals surface area (Å²) in [6, 6.07) is 0. The molecule has 0 aromatic carbocycles. The first kappa shape index (κ1) is 12.7. The number of hydrogen-bond acceptors (Lipinski definition) is 3. The Kier molecular flexibility index (Phi) is 5.51. The van der Waals surface area contributed by atoms with E-state index in [4.69, 9.17) is 12.2 Å². The van der Waals surface area contributed by atoms with Gasteiger partial charge in [0, 0.05) is 23.6 Å². The topological polar surface area (TPSA) is 67.1 Å². The highest BCUT2D eigenvalue weighted by Gasteiger charge is 2.00. The number of hydrogen-bond donors (Lipinski definition) is 2. The van der Waals surface area contributed by atoms with E-state index < -0.39 is 0 Å². The summed E-state index contributed by atoms with van der Waals surface area (Å²) >= 11 is 1.79. The van der Waals surface area contributed by atoms with Crippen LogP contribution in [0, 0.1) is 19.3 Å². The van der Waals surface area contributed by atoms with Crippen molar-refractivity contribution in [3.8, 4) is 12.3 Å². The van der Waals surface area contributed by atoms with Gasteiger partial charge >= 0.3 is 0 Å². The van der Waals surface area contributed by atoms with Crippen molar-refractivity contribution in [3.05, 3.63) is 17.7 Å². The van der Waals surface area contributed by atoms with E-state index in [0.29, 0.717) is 12.4 Å². The fourth-order valence-electron chi connectivity index (χ4n) is 1.10. The number of aromatic amines is 1. The molecule has 0 atom stereocenters. The summed E-state index contributed by atoms with van der Waals surface area (Å²) in [5, 5.41) is 0. The summed E-state index contributed by atoms with van der Waals surface area (Å²) in [5.41, 5.74) is 7.90. The van der Waals surface area contributed by atoms with Gasteiger partial charge in [-0.25, -0.2) is 4.98 Å². The van der Waals surface area contributed by atoms with Crippen molar-refractivity contribution in [2.75, 3.05) is 12.3 Å². The van der Waals surface area contributed by atoms with Crippen LogP contribution in [-0.2, 0) is 5.75 Å². The van der Waals surface area contributed by atoms with Gasteiger partial charge < -0.3 is 10.7 Å². The van der Waals surface area contributed by atoms with Crippen molar-refractivity contribution < 1.29 is 0 Å². The lowest BCUT2D eigenvalue weighted by molar-refractivity contribution is 1.16. The molecule has 3 N–H and O–H groups in total. The Labute approximate surface area is 100 Å². The lowest BCUT2D eigenvalue weighted by atomic mass is 10.4. The lowest BCUT2D eigenvalue weighted by Gasteiger charge is -2.00. The van der Waals surface area contributed by atoms with Gasteiger partial charge in [-0.3, -0.25) is 4.99 Å². The molecule has 0 spiro atoms. The number of nitrogens with zero attached hydrogens (tertiary/aromatic N) is 2. The average Bonchev–Trinajstić information content (AvgIpc) is 2.67. The number of H-pyrrole nitrogens is 1. The SMILES string of the molecule is C#CCN=C(N)CCSCc1nc[nH]c1C. The molecule has 0 fully saturated rings. The number of aliphatic imine (C=N–C) groups is 1. The number of terminal acetylenes is 1. The van der Waals surface area contributed by atoms with E-state index in [1.54, 1.807) is 18.1 Å². The standard InChI is InChI=1S/C11H16N4S/c1-3-5-13-11(12)4-6-16-7-10-9(2)14-8-15-10/h1,8H,4-7H2,2H3,(H2,12,13)(H,14,15). The quantitative estimate of drug-likeness (QED) is 0.339. The number of imidazole rings is 1. The first-order valence-corrected chi connectivity index (χ1v) is 6.18. The minimum atomic E-state index is 0.370. The summed E-state index contributed by atoms with van der Waals surface area (Å²) in [7, 11) is 0. The molecule has 16 heavy (non-hydrogen) atoms. The molecule has 0 aliphatic carbocycles. The molecule has 0 amide bonds. The monoisotopic (exact) mass is 236 g/mol. The van der Waals surface area contributed by atoms with Crippen molar-refractivity contribution in [3.63, 3.8) is 0 Å². The normalized spacial score (nSPS) is 11.4. The Hall–Kier alpha value is -1.41. The van der Waals surface area contributed by atoms with Crippen LogP contribution in [0.25, 0.3) is 0 Å². The zero-order valence-electron chi connectivity index (χ0n) is 9.36. The smallest absolute Gasteiger partial charge is 0.101 e. The largest absolute Gasteiger partial charge is 0.387 e. The number of rotatable bonds is 6. The fourth-order valence-corrected chi connectivity index (χ4v) is 2.09. The Morgan fingerprint density at radius 2 is 2.56 bits per heavy atom. The molecule has 0 aliphatic heterocycles.